The maximum Gasteiger partial charge on any atom is 0.433 e. The fourth-order valence-corrected chi connectivity index (χ4v) is 4.62. The average molecular weight is 476 g/mol. The van der Waals surface area contributed by atoms with Crippen molar-refractivity contribution in [1.82, 2.24) is 39.2 Å². The third-order valence-corrected chi connectivity index (χ3v) is 6.25. The van der Waals surface area contributed by atoms with Gasteiger partial charge in [-0.25, -0.2) is 9.37 Å². The van der Waals surface area contributed by atoms with Gasteiger partial charge < -0.3 is 4.90 Å². The number of rotatable bonds is 2. The molecule has 4 aromatic rings. The van der Waals surface area contributed by atoms with Crippen LogP contribution >= 0.6 is 0 Å². The first-order chi connectivity index (χ1) is 16.0. The summed E-state index contributed by atoms with van der Waals surface area (Å²) >= 11 is 0. The summed E-state index contributed by atoms with van der Waals surface area (Å²) in [6, 6.07) is 0.451. The van der Waals surface area contributed by atoms with E-state index in [0.717, 1.165) is 16.9 Å². The Morgan fingerprint density at radius 1 is 1.09 bits per heavy atom. The van der Waals surface area contributed by atoms with Crippen molar-refractivity contribution in [3.05, 3.63) is 46.8 Å². The first-order valence-electron chi connectivity index (χ1n) is 10.4. The van der Waals surface area contributed by atoms with Crippen molar-refractivity contribution >= 4 is 16.9 Å². The van der Waals surface area contributed by atoms with Crippen LogP contribution < -0.4 is 0 Å². The topological polar surface area (TPSA) is 86.7 Å². The summed E-state index contributed by atoms with van der Waals surface area (Å²) in [5, 5.41) is 12.9. The summed E-state index contributed by atoms with van der Waals surface area (Å²) in [5.74, 6) is -1.28. The number of hydrogen-bond donors (Lipinski definition) is 0. The SMILES string of the molecule is CC1c2nn(C)c(-c3cc(C(F)(F)F)n(C)n3)c2CCN1C(=O)c1c(F)cnc2c1cnn2C. The van der Waals surface area contributed by atoms with Crippen LogP contribution in [-0.4, -0.2) is 51.7 Å². The van der Waals surface area contributed by atoms with Gasteiger partial charge in [0.25, 0.3) is 5.91 Å². The van der Waals surface area contributed by atoms with Crippen molar-refractivity contribution in [2.75, 3.05) is 6.54 Å². The van der Waals surface area contributed by atoms with E-state index >= 15 is 0 Å². The molecular formula is C21H20F4N8O. The largest absolute Gasteiger partial charge is 0.433 e. The zero-order valence-corrected chi connectivity index (χ0v) is 18.7. The Morgan fingerprint density at radius 3 is 2.50 bits per heavy atom. The molecule has 5 rings (SSSR count). The number of amides is 1. The smallest absolute Gasteiger partial charge is 0.330 e. The number of carbonyl (C=O) groups excluding carboxylic acids is 1. The lowest BCUT2D eigenvalue weighted by Gasteiger charge is -2.33. The number of aromatic nitrogens is 7. The fourth-order valence-electron chi connectivity index (χ4n) is 4.62. The molecule has 9 nitrogen and oxygen atoms in total. The van der Waals surface area contributed by atoms with Crippen molar-refractivity contribution < 1.29 is 22.4 Å². The van der Waals surface area contributed by atoms with Gasteiger partial charge in [-0.1, -0.05) is 0 Å². The molecule has 178 valence electrons. The Morgan fingerprint density at radius 2 is 1.82 bits per heavy atom. The van der Waals surface area contributed by atoms with E-state index in [4.69, 9.17) is 0 Å². The molecule has 5 heterocycles. The summed E-state index contributed by atoms with van der Waals surface area (Å²) in [6.45, 7) is 1.99. The lowest BCUT2D eigenvalue weighted by molar-refractivity contribution is -0.143. The predicted octanol–water partition coefficient (Wildman–Crippen LogP) is 3.02. The maximum atomic E-state index is 14.7. The monoisotopic (exact) mass is 476 g/mol. The molecule has 0 bridgehead atoms. The van der Waals surface area contributed by atoms with Gasteiger partial charge in [0.1, 0.15) is 11.4 Å². The van der Waals surface area contributed by atoms with Crippen LogP contribution in [0.15, 0.2) is 18.5 Å². The quantitative estimate of drug-likeness (QED) is 0.415. The first-order valence-corrected chi connectivity index (χ1v) is 10.4. The van der Waals surface area contributed by atoms with Crippen molar-refractivity contribution in [3.63, 3.8) is 0 Å². The molecule has 1 amide bonds. The predicted molar refractivity (Wildman–Crippen MR) is 112 cm³/mol. The van der Waals surface area contributed by atoms with Crippen LogP contribution in [0.5, 0.6) is 0 Å². The fraction of sp³-hybridized carbons (Fsp3) is 0.381. The molecule has 34 heavy (non-hydrogen) atoms. The van der Waals surface area contributed by atoms with Crippen molar-refractivity contribution in [2.24, 2.45) is 21.1 Å². The van der Waals surface area contributed by atoms with E-state index in [0.29, 0.717) is 34.4 Å². The molecule has 4 aromatic heterocycles. The van der Waals surface area contributed by atoms with Crippen LogP contribution in [0.1, 0.15) is 40.3 Å². The highest BCUT2D eigenvalue weighted by atomic mass is 19.4. The zero-order valence-electron chi connectivity index (χ0n) is 18.7. The molecule has 1 unspecified atom stereocenters. The molecule has 0 saturated carbocycles. The van der Waals surface area contributed by atoms with Crippen LogP contribution in [0.3, 0.4) is 0 Å². The van der Waals surface area contributed by atoms with Crippen molar-refractivity contribution in [2.45, 2.75) is 25.6 Å². The molecule has 0 saturated heterocycles. The van der Waals surface area contributed by atoms with Crippen molar-refractivity contribution in [3.8, 4) is 11.4 Å². The normalized spacial score (nSPS) is 16.4. The Kier molecular flexibility index (Phi) is 4.78. The number of pyridine rings is 1. The third-order valence-electron chi connectivity index (χ3n) is 6.25. The van der Waals surface area contributed by atoms with Crippen LogP contribution in [0, 0.1) is 5.82 Å². The summed E-state index contributed by atoms with van der Waals surface area (Å²) in [6.07, 6.45) is -1.82. The van der Waals surface area contributed by atoms with Gasteiger partial charge in [-0.15, -0.1) is 0 Å². The average Bonchev–Trinajstić information content (AvgIpc) is 3.42. The molecule has 13 heteroatoms. The van der Waals surface area contributed by atoms with E-state index in [2.05, 4.69) is 20.3 Å². The minimum Gasteiger partial charge on any atom is -0.330 e. The minimum atomic E-state index is -4.54. The summed E-state index contributed by atoms with van der Waals surface area (Å²) < 4.78 is 58.3. The molecule has 1 aliphatic rings. The molecule has 1 atom stereocenters. The number of alkyl halides is 3. The first kappa shape index (κ1) is 22.0. The van der Waals surface area contributed by atoms with Crippen LogP contribution in [-0.2, 0) is 33.7 Å². The Labute approximate surface area is 190 Å². The standard InChI is InChI=1S/C21H20F4N8O/c1-10-17-11(18(31(3)29-17)14-7-15(21(23,24)25)30(2)28-14)5-6-33(10)20(34)16-12-8-27-32(4)19(12)26-9-13(16)22/h7-10H,5-6H2,1-4H3. The second-order valence-electron chi connectivity index (χ2n) is 8.28. The minimum absolute atomic E-state index is 0.121. The Balaban J connectivity index is 1.54. The highest BCUT2D eigenvalue weighted by molar-refractivity contribution is 6.05. The second kappa shape index (κ2) is 7.37. The van der Waals surface area contributed by atoms with Crippen LogP contribution in [0.4, 0.5) is 17.6 Å². The van der Waals surface area contributed by atoms with Gasteiger partial charge in [-0.2, -0.15) is 28.5 Å². The number of nitrogens with zero attached hydrogens (tertiary/aromatic N) is 8. The Bertz CT molecular complexity index is 1450. The molecule has 0 aliphatic carbocycles. The van der Waals surface area contributed by atoms with Gasteiger partial charge >= 0.3 is 6.18 Å². The van der Waals surface area contributed by atoms with Gasteiger partial charge in [0.05, 0.1) is 40.8 Å². The molecule has 1 aliphatic heterocycles. The molecule has 0 spiro atoms. The maximum absolute atomic E-state index is 14.7. The summed E-state index contributed by atoms with van der Waals surface area (Å²) in [5.41, 5.74) is 1.25. The lowest BCUT2D eigenvalue weighted by atomic mass is 9.96. The number of fused-ring (bicyclic) bond motifs is 2. The Hall–Kier alpha value is -3.77. The van der Waals surface area contributed by atoms with Crippen LogP contribution in [0.25, 0.3) is 22.4 Å². The van der Waals surface area contributed by atoms with Gasteiger partial charge in [0.15, 0.2) is 11.5 Å². The van der Waals surface area contributed by atoms with E-state index in [1.165, 1.54) is 27.5 Å². The highest BCUT2D eigenvalue weighted by Gasteiger charge is 2.38. The molecule has 0 N–H and O–H groups in total. The number of carbonyl (C=O) groups is 1. The lowest BCUT2D eigenvalue weighted by Crippen LogP contribution is -2.39. The third kappa shape index (κ3) is 3.17. The number of aryl methyl sites for hydroxylation is 3. The number of halogens is 4. The van der Waals surface area contributed by atoms with Gasteiger partial charge in [-0.05, 0) is 19.4 Å². The second-order valence-corrected chi connectivity index (χ2v) is 8.28. The molecular weight excluding hydrogens is 456 g/mol. The molecule has 0 radical (unpaired) electrons. The zero-order chi connectivity index (χ0) is 24.5. The summed E-state index contributed by atoms with van der Waals surface area (Å²) in [4.78, 5) is 18.9. The van der Waals surface area contributed by atoms with E-state index in [9.17, 15) is 22.4 Å². The van der Waals surface area contributed by atoms with E-state index in [1.807, 2.05) is 0 Å². The van der Waals surface area contributed by atoms with E-state index in [1.54, 1.807) is 21.0 Å². The highest BCUT2D eigenvalue weighted by Crippen LogP contribution is 2.38. The van der Waals surface area contributed by atoms with Gasteiger partial charge in [-0.3, -0.25) is 18.8 Å². The summed E-state index contributed by atoms with van der Waals surface area (Å²) in [7, 11) is 4.51. The van der Waals surface area contributed by atoms with E-state index < -0.39 is 29.6 Å². The number of hydrogen-bond acceptors (Lipinski definition) is 5. The molecule has 0 fully saturated rings. The van der Waals surface area contributed by atoms with Gasteiger partial charge in [0.2, 0.25) is 0 Å². The van der Waals surface area contributed by atoms with Crippen molar-refractivity contribution in [1.29, 1.82) is 0 Å². The van der Waals surface area contributed by atoms with E-state index in [-0.39, 0.29) is 17.8 Å². The van der Waals surface area contributed by atoms with Crippen LogP contribution in [0.2, 0.25) is 0 Å². The molecule has 0 aromatic carbocycles. The van der Waals surface area contributed by atoms with Gasteiger partial charge in [0, 0.05) is 33.3 Å².